The highest BCUT2D eigenvalue weighted by molar-refractivity contribution is 7.09. The Labute approximate surface area is 186 Å². The summed E-state index contributed by atoms with van der Waals surface area (Å²) in [5.74, 6) is 1.39. The SMILES string of the molecule is C=CCN(Cc1cccs1)C(=O)CN1CCC(C(=O)Nc2ccc3c(c2)OCO3)CC1. The molecule has 1 N–H and O–H groups in total. The number of thiophene rings is 1. The van der Waals surface area contributed by atoms with Crippen molar-refractivity contribution in [3.05, 3.63) is 53.2 Å². The molecule has 4 rings (SSSR count). The zero-order valence-electron chi connectivity index (χ0n) is 17.4. The van der Waals surface area contributed by atoms with Gasteiger partial charge in [0.25, 0.3) is 0 Å². The number of ether oxygens (including phenoxy) is 2. The van der Waals surface area contributed by atoms with E-state index < -0.39 is 0 Å². The molecule has 31 heavy (non-hydrogen) atoms. The second-order valence-corrected chi connectivity index (χ2v) is 8.78. The summed E-state index contributed by atoms with van der Waals surface area (Å²) >= 11 is 1.65. The summed E-state index contributed by atoms with van der Waals surface area (Å²) in [6.07, 6.45) is 3.23. The first kappa shape index (κ1) is 21.4. The second kappa shape index (κ2) is 9.98. The summed E-state index contributed by atoms with van der Waals surface area (Å²) in [6.45, 7) is 6.96. The summed E-state index contributed by atoms with van der Waals surface area (Å²) in [4.78, 5) is 30.6. The molecule has 0 aliphatic carbocycles. The smallest absolute Gasteiger partial charge is 0.237 e. The molecule has 0 unspecified atom stereocenters. The van der Waals surface area contributed by atoms with Gasteiger partial charge in [-0.15, -0.1) is 17.9 Å². The fourth-order valence-corrected chi connectivity index (χ4v) is 4.58. The maximum absolute atomic E-state index is 12.8. The van der Waals surface area contributed by atoms with Gasteiger partial charge in [-0.25, -0.2) is 0 Å². The molecule has 164 valence electrons. The number of nitrogens with one attached hydrogen (secondary N) is 1. The maximum Gasteiger partial charge on any atom is 0.237 e. The van der Waals surface area contributed by atoms with E-state index in [1.807, 2.05) is 28.5 Å². The fraction of sp³-hybridized carbons (Fsp3) is 0.391. The van der Waals surface area contributed by atoms with E-state index in [4.69, 9.17) is 9.47 Å². The Kier molecular flexibility index (Phi) is 6.89. The van der Waals surface area contributed by atoms with Gasteiger partial charge in [-0.1, -0.05) is 12.1 Å². The lowest BCUT2D eigenvalue weighted by atomic mass is 9.95. The number of piperidine rings is 1. The van der Waals surface area contributed by atoms with Gasteiger partial charge >= 0.3 is 0 Å². The summed E-state index contributed by atoms with van der Waals surface area (Å²) < 4.78 is 10.7. The number of likely N-dealkylation sites (tertiary alicyclic amines) is 1. The molecule has 1 aromatic heterocycles. The molecule has 2 aliphatic rings. The van der Waals surface area contributed by atoms with Crippen molar-refractivity contribution in [1.29, 1.82) is 0 Å². The van der Waals surface area contributed by atoms with Gasteiger partial charge < -0.3 is 19.7 Å². The van der Waals surface area contributed by atoms with Crippen molar-refractivity contribution < 1.29 is 19.1 Å². The van der Waals surface area contributed by atoms with Crippen molar-refractivity contribution in [1.82, 2.24) is 9.80 Å². The van der Waals surface area contributed by atoms with Crippen molar-refractivity contribution in [2.75, 3.05) is 38.3 Å². The van der Waals surface area contributed by atoms with Crippen LogP contribution in [0.5, 0.6) is 11.5 Å². The quantitative estimate of drug-likeness (QED) is 0.636. The summed E-state index contributed by atoms with van der Waals surface area (Å²) in [7, 11) is 0. The predicted octanol–water partition coefficient (Wildman–Crippen LogP) is 3.34. The van der Waals surface area contributed by atoms with Crippen molar-refractivity contribution in [3.8, 4) is 11.5 Å². The number of nitrogens with zero attached hydrogens (tertiary/aromatic N) is 2. The Morgan fingerprint density at radius 2 is 2.03 bits per heavy atom. The minimum atomic E-state index is -0.0628. The van der Waals surface area contributed by atoms with E-state index in [9.17, 15) is 9.59 Å². The third kappa shape index (κ3) is 5.45. The van der Waals surface area contributed by atoms with Crippen LogP contribution in [-0.2, 0) is 16.1 Å². The van der Waals surface area contributed by atoms with Crippen molar-refractivity contribution >= 4 is 28.8 Å². The third-order valence-corrected chi connectivity index (χ3v) is 6.45. The largest absolute Gasteiger partial charge is 0.454 e. The summed E-state index contributed by atoms with van der Waals surface area (Å²) in [6, 6.07) is 9.45. The number of fused-ring (bicyclic) bond motifs is 1. The molecule has 1 aromatic carbocycles. The standard InChI is InChI=1S/C23H27N3O4S/c1-2-9-26(14-19-4-3-12-31-19)22(27)15-25-10-7-17(8-11-25)23(28)24-18-5-6-20-21(13-18)30-16-29-20/h2-6,12-13,17H,1,7-11,14-16H2,(H,24,28). The number of hydrogen-bond donors (Lipinski definition) is 1. The molecule has 7 nitrogen and oxygen atoms in total. The number of anilines is 1. The molecular formula is C23H27N3O4S. The van der Waals surface area contributed by atoms with E-state index >= 15 is 0 Å². The molecule has 2 aliphatic heterocycles. The van der Waals surface area contributed by atoms with Gasteiger partial charge in [-0.2, -0.15) is 0 Å². The van der Waals surface area contributed by atoms with E-state index in [0.29, 0.717) is 36.8 Å². The Bertz CT molecular complexity index is 923. The Morgan fingerprint density at radius 1 is 1.23 bits per heavy atom. The zero-order valence-corrected chi connectivity index (χ0v) is 18.2. The van der Waals surface area contributed by atoms with Crippen LogP contribution in [0.25, 0.3) is 0 Å². The zero-order chi connectivity index (χ0) is 21.6. The monoisotopic (exact) mass is 441 g/mol. The number of rotatable bonds is 8. The number of carbonyl (C=O) groups excluding carboxylic acids is 2. The number of carbonyl (C=O) groups is 2. The van der Waals surface area contributed by atoms with Crippen molar-refractivity contribution in [3.63, 3.8) is 0 Å². The molecule has 2 amide bonds. The van der Waals surface area contributed by atoms with E-state index in [1.165, 1.54) is 0 Å². The second-order valence-electron chi connectivity index (χ2n) is 7.75. The highest BCUT2D eigenvalue weighted by atomic mass is 32.1. The van der Waals surface area contributed by atoms with Gasteiger partial charge in [0.05, 0.1) is 13.1 Å². The van der Waals surface area contributed by atoms with Gasteiger partial charge in [0.1, 0.15) is 0 Å². The first-order valence-electron chi connectivity index (χ1n) is 10.5. The van der Waals surface area contributed by atoms with Crippen LogP contribution in [0.1, 0.15) is 17.7 Å². The lowest BCUT2D eigenvalue weighted by Crippen LogP contribution is -2.44. The normalized spacial score (nSPS) is 16.1. The first-order chi connectivity index (χ1) is 15.1. The van der Waals surface area contributed by atoms with E-state index in [2.05, 4.69) is 16.8 Å². The molecule has 0 spiro atoms. The minimum absolute atomic E-state index is 0.0100. The molecular weight excluding hydrogens is 414 g/mol. The average molecular weight is 442 g/mol. The topological polar surface area (TPSA) is 71.1 Å². The first-order valence-corrected chi connectivity index (χ1v) is 11.3. The van der Waals surface area contributed by atoms with E-state index in [0.717, 1.165) is 30.8 Å². The molecule has 1 saturated heterocycles. The predicted molar refractivity (Wildman–Crippen MR) is 120 cm³/mol. The van der Waals surface area contributed by atoms with Crippen LogP contribution in [0.4, 0.5) is 5.69 Å². The molecule has 0 atom stereocenters. The molecule has 8 heteroatoms. The number of amides is 2. The van der Waals surface area contributed by atoms with Gasteiger partial charge in [-0.05, 0) is 49.5 Å². The van der Waals surface area contributed by atoms with E-state index in [1.54, 1.807) is 29.5 Å². The summed E-state index contributed by atoms with van der Waals surface area (Å²) in [5, 5.41) is 5.00. The highest BCUT2D eigenvalue weighted by Crippen LogP contribution is 2.34. The third-order valence-electron chi connectivity index (χ3n) is 5.59. The molecule has 1 fully saturated rings. The highest BCUT2D eigenvalue weighted by Gasteiger charge is 2.27. The Morgan fingerprint density at radius 3 is 2.77 bits per heavy atom. The van der Waals surface area contributed by atoms with Crippen LogP contribution < -0.4 is 14.8 Å². The summed E-state index contributed by atoms with van der Waals surface area (Å²) in [5.41, 5.74) is 0.709. The molecule has 0 radical (unpaired) electrons. The van der Waals surface area contributed by atoms with Crippen LogP contribution in [0.2, 0.25) is 0 Å². The molecule has 0 saturated carbocycles. The van der Waals surface area contributed by atoms with Crippen LogP contribution in [0, 0.1) is 5.92 Å². The Balaban J connectivity index is 1.25. The molecule has 2 aromatic rings. The number of hydrogen-bond acceptors (Lipinski definition) is 6. The number of benzene rings is 1. The molecule has 0 bridgehead atoms. The Hall–Kier alpha value is -2.84. The van der Waals surface area contributed by atoms with Gasteiger partial charge in [-0.3, -0.25) is 14.5 Å². The van der Waals surface area contributed by atoms with Crippen molar-refractivity contribution in [2.45, 2.75) is 19.4 Å². The fourth-order valence-electron chi connectivity index (χ4n) is 3.86. The van der Waals surface area contributed by atoms with Crippen LogP contribution in [0.3, 0.4) is 0 Å². The van der Waals surface area contributed by atoms with Crippen LogP contribution >= 0.6 is 11.3 Å². The van der Waals surface area contributed by atoms with Crippen LogP contribution in [-0.4, -0.2) is 54.6 Å². The van der Waals surface area contributed by atoms with Crippen molar-refractivity contribution in [2.24, 2.45) is 5.92 Å². The lowest BCUT2D eigenvalue weighted by molar-refractivity contribution is -0.133. The lowest BCUT2D eigenvalue weighted by Gasteiger charge is -2.32. The van der Waals surface area contributed by atoms with Gasteiger partial charge in [0.15, 0.2) is 11.5 Å². The van der Waals surface area contributed by atoms with E-state index in [-0.39, 0.29) is 24.5 Å². The maximum atomic E-state index is 12.8. The van der Waals surface area contributed by atoms with Gasteiger partial charge in [0.2, 0.25) is 18.6 Å². The average Bonchev–Trinajstić information content (AvgIpc) is 3.45. The van der Waals surface area contributed by atoms with Gasteiger partial charge in [0, 0.05) is 29.1 Å². The van der Waals surface area contributed by atoms with Crippen LogP contribution in [0.15, 0.2) is 48.4 Å². The molecule has 3 heterocycles. The minimum Gasteiger partial charge on any atom is -0.454 e.